The third-order valence-electron chi connectivity index (χ3n) is 6.63. The van der Waals surface area contributed by atoms with E-state index in [1.54, 1.807) is 0 Å². The molecule has 6 nitrogen and oxygen atoms in total. The minimum absolute atomic E-state index is 0.000227. The Morgan fingerprint density at radius 1 is 1.03 bits per heavy atom. The van der Waals surface area contributed by atoms with E-state index in [1.165, 1.54) is 16.9 Å². The largest absolute Gasteiger partial charge is 0.379 e. The normalized spacial score (nSPS) is 21.4. The molecule has 0 unspecified atom stereocenters. The Labute approximate surface area is 201 Å². The molecule has 2 aliphatic heterocycles. The molecule has 1 N–H and O–H groups in total. The van der Waals surface area contributed by atoms with Gasteiger partial charge in [0.1, 0.15) is 0 Å². The Morgan fingerprint density at radius 2 is 1.85 bits per heavy atom. The van der Waals surface area contributed by atoms with E-state index in [2.05, 4.69) is 80.3 Å². The van der Waals surface area contributed by atoms with E-state index >= 15 is 0 Å². The lowest BCUT2D eigenvalue weighted by atomic mass is 10.0. The Morgan fingerprint density at radius 3 is 2.64 bits per heavy atom. The van der Waals surface area contributed by atoms with Crippen LogP contribution in [0.4, 0.5) is 0 Å². The van der Waals surface area contributed by atoms with Crippen LogP contribution in [0, 0.1) is 6.92 Å². The third-order valence-corrected chi connectivity index (χ3v) is 6.99. The minimum atomic E-state index is -0.000227. The Kier molecular flexibility index (Phi) is 6.71. The number of nitrogens with one attached hydrogen (secondary N) is 1. The molecule has 172 valence electrons. The van der Waals surface area contributed by atoms with Gasteiger partial charge in [-0.25, -0.2) is 0 Å². The van der Waals surface area contributed by atoms with Gasteiger partial charge in [-0.1, -0.05) is 24.3 Å². The number of pyridine rings is 1. The summed E-state index contributed by atoms with van der Waals surface area (Å²) in [7, 11) is 0. The first-order valence-electron chi connectivity index (χ1n) is 11.7. The molecule has 33 heavy (non-hydrogen) atoms. The van der Waals surface area contributed by atoms with E-state index in [-0.39, 0.29) is 12.1 Å². The van der Waals surface area contributed by atoms with Gasteiger partial charge in [-0.15, -0.1) is 0 Å². The van der Waals surface area contributed by atoms with E-state index in [0.29, 0.717) is 0 Å². The van der Waals surface area contributed by atoms with E-state index in [4.69, 9.17) is 17.0 Å². The summed E-state index contributed by atoms with van der Waals surface area (Å²) in [6.07, 6.45) is 5.07. The molecule has 2 aliphatic rings. The van der Waals surface area contributed by atoms with Crippen LogP contribution >= 0.6 is 12.2 Å². The number of nitrogens with zero attached hydrogens (tertiary/aromatic N) is 4. The van der Waals surface area contributed by atoms with Crippen molar-refractivity contribution in [1.29, 1.82) is 0 Å². The van der Waals surface area contributed by atoms with Crippen molar-refractivity contribution >= 4 is 17.3 Å². The summed E-state index contributed by atoms with van der Waals surface area (Å²) < 4.78 is 7.80. The SMILES string of the molecule is Cc1ccccc1-n1cccc1[C@H]1[C@H](c2ccccn2)NC(=S)N1CCCN1CCOCC1. The summed E-state index contributed by atoms with van der Waals surface area (Å²) in [5.41, 5.74) is 4.68. The highest BCUT2D eigenvalue weighted by molar-refractivity contribution is 7.80. The second-order valence-corrected chi connectivity index (χ2v) is 9.10. The van der Waals surface area contributed by atoms with Crippen molar-refractivity contribution < 1.29 is 4.74 Å². The Bertz CT molecular complexity index is 1080. The number of benzene rings is 1. The maximum Gasteiger partial charge on any atom is 0.170 e. The smallest absolute Gasteiger partial charge is 0.170 e. The van der Waals surface area contributed by atoms with Crippen molar-refractivity contribution in [3.63, 3.8) is 0 Å². The van der Waals surface area contributed by atoms with E-state index in [0.717, 1.165) is 56.6 Å². The van der Waals surface area contributed by atoms with Gasteiger partial charge in [0.15, 0.2) is 5.11 Å². The van der Waals surface area contributed by atoms with Crippen LogP contribution in [-0.4, -0.2) is 63.9 Å². The van der Waals surface area contributed by atoms with Gasteiger partial charge < -0.3 is 19.5 Å². The van der Waals surface area contributed by atoms with Crippen LogP contribution in [0.15, 0.2) is 67.0 Å². The molecule has 7 heteroatoms. The first kappa shape index (κ1) is 22.1. The summed E-state index contributed by atoms with van der Waals surface area (Å²) in [4.78, 5) is 9.53. The number of hydrogen-bond acceptors (Lipinski definition) is 4. The predicted molar refractivity (Wildman–Crippen MR) is 135 cm³/mol. The summed E-state index contributed by atoms with van der Waals surface area (Å²) in [5.74, 6) is 0. The van der Waals surface area contributed by atoms with Crippen molar-refractivity contribution in [2.45, 2.75) is 25.4 Å². The molecule has 5 rings (SSSR count). The summed E-state index contributed by atoms with van der Waals surface area (Å²) in [6.45, 7) is 7.80. The van der Waals surface area contributed by atoms with Crippen molar-refractivity contribution in [2.75, 3.05) is 39.4 Å². The van der Waals surface area contributed by atoms with E-state index in [1.807, 2.05) is 18.3 Å². The molecule has 0 aliphatic carbocycles. The Hall–Kier alpha value is -2.74. The van der Waals surface area contributed by atoms with Crippen LogP contribution < -0.4 is 5.32 Å². The van der Waals surface area contributed by atoms with Gasteiger partial charge >= 0.3 is 0 Å². The van der Waals surface area contributed by atoms with Crippen molar-refractivity contribution in [3.05, 3.63) is 83.9 Å². The number of thiocarbonyl (C=S) groups is 1. The third kappa shape index (κ3) is 4.67. The number of morpholine rings is 1. The quantitative estimate of drug-likeness (QED) is 0.539. The van der Waals surface area contributed by atoms with Crippen molar-refractivity contribution in [3.8, 4) is 5.69 Å². The average Bonchev–Trinajstić information content (AvgIpc) is 3.45. The van der Waals surface area contributed by atoms with Gasteiger partial charge in [0.05, 0.1) is 31.0 Å². The average molecular weight is 462 g/mol. The number of hydrogen-bond donors (Lipinski definition) is 1. The molecule has 0 spiro atoms. The highest BCUT2D eigenvalue weighted by Crippen LogP contribution is 2.39. The molecule has 0 saturated carbocycles. The molecule has 3 aromatic rings. The fraction of sp³-hybridized carbons (Fsp3) is 0.385. The second-order valence-electron chi connectivity index (χ2n) is 8.72. The summed E-state index contributed by atoms with van der Waals surface area (Å²) >= 11 is 5.87. The standard InChI is InChI=1S/C26H31N5OS/c1-20-8-2-3-10-22(20)30-14-6-11-23(30)25-24(21-9-4-5-12-27-21)28-26(33)31(25)15-7-13-29-16-18-32-19-17-29/h2-6,8-12,14,24-25H,7,13,15-19H2,1H3,(H,28,33)/t24-,25-/m0/s1. The molecule has 0 amide bonds. The van der Waals surface area contributed by atoms with Crippen LogP contribution in [0.1, 0.15) is 35.5 Å². The number of rotatable bonds is 7. The van der Waals surface area contributed by atoms with Gasteiger partial charge in [0, 0.05) is 50.0 Å². The van der Waals surface area contributed by atoms with Gasteiger partial charge in [-0.05, 0) is 61.5 Å². The molecule has 2 aromatic heterocycles. The highest BCUT2D eigenvalue weighted by atomic mass is 32.1. The van der Waals surface area contributed by atoms with E-state index < -0.39 is 0 Å². The van der Waals surface area contributed by atoms with Crippen molar-refractivity contribution in [1.82, 2.24) is 24.7 Å². The maximum atomic E-state index is 5.87. The number of aromatic nitrogens is 2. The van der Waals surface area contributed by atoms with E-state index in [9.17, 15) is 0 Å². The van der Waals surface area contributed by atoms with Crippen LogP contribution in [0.3, 0.4) is 0 Å². The summed E-state index contributed by atoms with van der Waals surface area (Å²) in [5, 5.41) is 4.39. The highest BCUT2D eigenvalue weighted by Gasteiger charge is 2.41. The van der Waals surface area contributed by atoms with Crippen molar-refractivity contribution in [2.24, 2.45) is 0 Å². The topological polar surface area (TPSA) is 45.6 Å². The lowest BCUT2D eigenvalue weighted by molar-refractivity contribution is 0.0365. The zero-order valence-corrected chi connectivity index (χ0v) is 19.9. The first-order valence-corrected chi connectivity index (χ1v) is 12.1. The lowest BCUT2D eigenvalue weighted by Gasteiger charge is -2.31. The van der Waals surface area contributed by atoms with Crippen LogP contribution in [-0.2, 0) is 4.74 Å². The van der Waals surface area contributed by atoms with Gasteiger partial charge in [0.2, 0.25) is 0 Å². The fourth-order valence-electron chi connectivity index (χ4n) is 4.95. The van der Waals surface area contributed by atoms with Crippen LogP contribution in [0.5, 0.6) is 0 Å². The van der Waals surface area contributed by atoms with Gasteiger partial charge in [-0.2, -0.15) is 0 Å². The van der Waals surface area contributed by atoms with Gasteiger partial charge in [-0.3, -0.25) is 9.88 Å². The van der Waals surface area contributed by atoms with Crippen LogP contribution in [0.2, 0.25) is 0 Å². The molecule has 2 atom stereocenters. The zero-order valence-electron chi connectivity index (χ0n) is 19.1. The molecule has 2 fully saturated rings. The zero-order chi connectivity index (χ0) is 22.6. The monoisotopic (exact) mass is 461 g/mol. The summed E-state index contributed by atoms with van der Waals surface area (Å²) in [6, 6.07) is 19.0. The first-order chi connectivity index (χ1) is 16.2. The van der Waals surface area contributed by atoms with Crippen LogP contribution in [0.25, 0.3) is 5.69 Å². The molecule has 2 saturated heterocycles. The maximum absolute atomic E-state index is 5.87. The molecular formula is C26H31N5OS. The molecule has 0 bridgehead atoms. The number of ether oxygens (including phenoxy) is 1. The molecule has 4 heterocycles. The molecule has 1 aromatic carbocycles. The van der Waals surface area contributed by atoms with Gasteiger partial charge in [0.25, 0.3) is 0 Å². The molecule has 0 radical (unpaired) electrons. The number of aryl methyl sites for hydroxylation is 1. The second kappa shape index (κ2) is 10.0. The number of para-hydroxylation sites is 1. The molecular weight excluding hydrogens is 430 g/mol. The predicted octanol–water partition coefficient (Wildman–Crippen LogP) is 3.88. The lowest BCUT2D eigenvalue weighted by Crippen LogP contribution is -2.39. The fourth-order valence-corrected chi connectivity index (χ4v) is 5.28. The Balaban J connectivity index is 1.45. The minimum Gasteiger partial charge on any atom is -0.379 e.